The van der Waals surface area contributed by atoms with E-state index in [1.807, 2.05) is 4.90 Å². The Morgan fingerprint density at radius 1 is 0.656 bits per heavy atom. The van der Waals surface area contributed by atoms with Crippen molar-refractivity contribution in [2.75, 3.05) is 72.0 Å². The number of likely N-dealkylation sites (tertiary alicyclic amines) is 2. The molecule has 3 amide bonds. The van der Waals surface area contributed by atoms with E-state index in [1.165, 1.54) is 0 Å². The zero-order valence-electron chi connectivity index (χ0n) is 18.6. The van der Waals surface area contributed by atoms with Gasteiger partial charge in [0, 0.05) is 32.5 Å². The van der Waals surface area contributed by atoms with E-state index in [9.17, 15) is 24.6 Å². The van der Waals surface area contributed by atoms with Crippen LogP contribution in [0.2, 0.25) is 0 Å². The Balaban J connectivity index is 0.00000480. The number of carbonyl (C=O) groups excluding carboxylic acids is 3. The Morgan fingerprint density at radius 3 is 1.38 bits per heavy atom. The van der Waals surface area contributed by atoms with Gasteiger partial charge in [0.05, 0.1) is 44.3 Å². The van der Waals surface area contributed by atoms with Crippen LogP contribution in [0.5, 0.6) is 0 Å². The largest absolute Gasteiger partial charge is 0.382 e. The predicted octanol–water partition coefficient (Wildman–Crippen LogP) is -4.77. The molecule has 2 rings (SSSR count). The standard InChI is InChI=1S/C19H36N6O5.2ClH2/c20-17(28)1-4-23(5-2-18(21)29)6-8-25(13-16(27)14-25)10-9-24(7-3-19(22)30)11-15(26)12-24;;/h15-16,26-27H,1-14H2,(H4-2,20,21,22,28,29,30);2*1H2/q;2*+1/p+2. The van der Waals surface area contributed by atoms with Crippen LogP contribution < -0.4 is 17.2 Å². The topological polar surface area (TPSA) is 173 Å². The lowest BCUT2D eigenvalue weighted by Gasteiger charge is -2.53. The molecule has 2 aliphatic heterocycles. The number of primary amides is 3. The van der Waals surface area contributed by atoms with Crippen LogP contribution >= 0.6 is 0 Å². The Bertz CT molecular complexity index is 611. The van der Waals surface area contributed by atoms with Crippen LogP contribution in [0.3, 0.4) is 0 Å². The van der Waals surface area contributed by atoms with Gasteiger partial charge in [-0.3, -0.25) is 19.3 Å². The van der Waals surface area contributed by atoms with Crippen molar-refractivity contribution in [3.63, 3.8) is 0 Å². The fraction of sp³-hybridized carbons (Fsp3) is 0.842. The van der Waals surface area contributed by atoms with Gasteiger partial charge in [-0.2, -0.15) is 0 Å². The highest BCUT2D eigenvalue weighted by Crippen LogP contribution is 2.26. The highest BCUT2D eigenvalue weighted by molar-refractivity contribution is 5.74. The molecular weight excluding hydrogens is 463 g/mol. The fourth-order valence-corrected chi connectivity index (χ4v) is 4.63. The first kappa shape index (κ1) is 30.8. The Kier molecular flexibility index (Phi) is 13.0. The highest BCUT2D eigenvalue weighted by Gasteiger charge is 2.48. The molecule has 0 unspecified atom stereocenters. The summed E-state index contributed by atoms with van der Waals surface area (Å²) < 4.78 is 1.41. The van der Waals surface area contributed by atoms with E-state index >= 15 is 0 Å². The normalized spacial score (nSPS) is 28.6. The van der Waals surface area contributed by atoms with Crippen LogP contribution in [0.1, 0.15) is 19.3 Å². The van der Waals surface area contributed by atoms with E-state index in [0.717, 1.165) is 24.1 Å². The van der Waals surface area contributed by atoms with Gasteiger partial charge < -0.3 is 36.4 Å². The van der Waals surface area contributed by atoms with Gasteiger partial charge in [-0.1, -0.05) is 0 Å². The van der Waals surface area contributed by atoms with E-state index in [0.29, 0.717) is 63.3 Å². The van der Waals surface area contributed by atoms with Crippen molar-refractivity contribution in [3.05, 3.63) is 0 Å². The van der Waals surface area contributed by atoms with E-state index in [-0.39, 0.29) is 67.6 Å². The number of amides is 3. The third-order valence-electron chi connectivity index (χ3n) is 6.51. The molecule has 0 aromatic rings. The number of aliphatic hydroxyl groups is 2. The molecule has 0 saturated carbocycles. The summed E-state index contributed by atoms with van der Waals surface area (Å²) in [7, 11) is 0. The molecule has 11 nitrogen and oxygen atoms in total. The predicted molar refractivity (Wildman–Crippen MR) is 115 cm³/mol. The summed E-state index contributed by atoms with van der Waals surface area (Å²) >= 11 is 0. The molecule has 0 aliphatic carbocycles. The van der Waals surface area contributed by atoms with Crippen LogP contribution in [0.4, 0.5) is 0 Å². The van der Waals surface area contributed by atoms with E-state index in [2.05, 4.69) is 0 Å². The molecule has 2 fully saturated rings. The minimum atomic E-state index is -0.389. The Hall–Kier alpha value is -1.21. The molecule has 32 heavy (non-hydrogen) atoms. The van der Waals surface area contributed by atoms with Crippen LogP contribution in [0.25, 0.3) is 0 Å². The third kappa shape index (κ3) is 9.74. The molecule has 13 heteroatoms. The summed E-state index contributed by atoms with van der Waals surface area (Å²) in [5, 5.41) is 19.8. The first-order valence-electron chi connectivity index (χ1n) is 10.7. The van der Waals surface area contributed by atoms with Crippen molar-refractivity contribution < 1.29 is 58.4 Å². The second kappa shape index (κ2) is 13.5. The molecule has 0 aromatic carbocycles. The number of hydrogen-bond donors (Lipinski definition) is 5. The second-order valence-corrected chi connectivity index (χ2v) is 9.11. The first-order valence-corrected chi connectivity index (χ1v) is 10.7. The molecular formula is C19H42Cl2N6O5+4. The van der Waals surface area contributed by atoms with Crippen LogP contribution in [-0.2, 0) is 14.4 Å². The zero-order valence-corrected chi connectivity index (χ0v) is 20.4. The van der Waals surface area contributed by atoms with Crippen molar-refractivity contribution in [2.24, 2.45) is 17.2 Å². The quantitative estimate of drug-likeness (QED) is 0.140. The van der Waals surface area contributed by atoms with Crippen molar-refractivity contribution in [3.8, 4) is 0 Å². The van der Waals surface area contributed by atoms with Gasteiger partial charge in [0.1, 0.15) is 39.3 Å². The van der Waals surface area contributed by atoms with Gasteiger partial charge in [-0.05, 0) is 0 Å². The van der Waals surface area contributed by atoms with Crippen LogP contribution in [-0.4, -0.2) is 126 Å². The molecule has 2 aliphatic rings. The van der Waals surface area contributed by atoms with Crippen molar-refractivity contribution in [2.45, 2.75) is 31.5 Å². The number of rotatable bonds is 15. The maximum atomic E-state index is 11.2. The molecule has 0 radical (unpaired) electrons. The van der Waals surface area contributed by atoms with E-state index in [4.69, 9.17) is 17.2 Å². The molecule has 0 bridgehead atoms. The Morgan fingerprint density at radius 2 is 1.03 bits per heavy atom. The summed E-state index contributed by atoms with van der Waals surface area (Å²) in [6.45, 7) is 7.17. The number of aliphatic hydroxyl groups excluding tert-OH is 2. The summed E-state index contributed by atoms with van der Waals surface area (Å²) in [5.41, 5.74) is 15.8. The lowest BCUT2D eigenvalue weighted by molar-refractivity contribution is -1.02. The van der Waals surface area contributed by atoms with Gasteiger partial charge >= 0.3 is 0 Å². The number of quaternary nitrogens is 2. The number of hydrogen-bond acceptors (Lipinski definition) is 6. The van der Waals surface area contributed by atoms with E-state index in [1.54, 1.807) is 0 Å². The fourth-order valence-electron chi connectivity index (χ4n) is 4.63. The summed E-state index contributed by atoms with van der Waals surface area (Å²) in [6.07, 6.45) is 0.0458. The molecule has 0 aromatic heterocycles. The average molecular weight is 505 g/mol. The SMILES string of the molecule is NC(=O)CCN(CCC(N)=O)CC[N+]1(CC[N+]2(CCC(N)=O)CC(O)C2)CC(O)C1.[ClH2+].[ClH2+]. The lowest BCUT2D eigenvalue weighted by atomic mass is 10.0. The number of nitrogens with two attached hydrogens (primary N) is 3. The van der Waals surface area contributed by atoms with Crippen LogP contribution in [0, 0.1) is 24.8 Å². The number of carbonyl (C=O) groups is 3. The maximum absolute atomic E-state index is 11.2. The molecule has 0 spiro atoms. The van der Waals surface area contributed by atoms with Crippen molar-refractivity contribution in [1.82, 2.24) is 4.90 Å². The van der Waals surface area contributed by atoms with Crippen molar-refractivity contribution >= 4 is 17.7 Å². The number of nitrogens with zero attached hydrogens (tertiary/aromatic N) is 3. The minimum Gasteiger partial charge on any atom is -0.382 e. The van der Waals surface area contributed by atoms with Crippen molar-refractivity contribution in [1.29, 1.82) is 0 Å². The van der Waals surface area contributed by atoms with Gasteiger partial charge in [0.2, 0.25) is 17.7 Å². The molecule has 8 N–H and O–H groups in total. The van der Waals surface area contributed by atoms with Gasteiger partial charge in [0.25, 0.3) is 0 Å². The summed E-state index contributed by atoms with van der Waals surface area (Å²) in [4.78, 5) is 35.5. The van der Waals surface area contributed by atoms with Gasteiger partial charge in [-0.15, -0.1) is 0 Å². The molecule has 2 saturated heterocycles. The first-order chi connectivity index (χ1) is 14.0. The second-order valence-electron chi connectivity index (χ2n) is 9.11. The van der Waals surface area contributed by atoms with E-state index < -0.39 is 0 Å². The Labute approximate surface area is 201 Å². The van der Waals surface area contributed by atoms with Gasteiger partial charge in [-0.25, -0.2) is 0 Å². The number of halogens is 2. The molecule has 188 valence electrons. The third-order valence-corrected chi connectivity index (χ3v) is 6.51. The minimum absolute atomic E-state index is 0. The summed E-state index contributed by atoms with van der Waals surface area (Å²) in [5.74, 6) is -1.11. The monoisotopic (exact) mass is 504 g/mol. The average Bonchev–Trinajstić information content (AvgIpc) is 2.60. The summed E-state index contributed by atoms with van der Waals surface area (Å²) in [6, 6.07) is 0. The van der Waals surface area contributed by atoms with Crippen LogP contribution in [0.15, 0.2) is 0 Å². The maximum Gasteiger partial charge on any atom is 0.223 e. The molecule has 2 heterocycles. The highest BCUT2D eigenvalue weighted by atomic mass is 35.5. The van der Waals surface area contributed by atoms with Gasteiger partial charge in [0.15, 0.2) is 12.2 Å². The zero-order chi connectivity index (χ0) is 22.4. The smallest absolute Gasteiger partial charge is 0.223 e. The molecule has 0 atom stereocenters. The lowest BCUT2D eigenvalue weighted by Crippen LogP contribution is -2.74.